The Morgan fingerprint density at radius 1 is 1.18 bits per heavy atom. The number of hydrogen-bond donors (Lipinski definition) is 1. The third-order valence-corrected chi connectivity index (χ3v) is 7.84. The standard InChI is InChI=1S/C32H50O8/c1-9-26(37-24(6)33)23(5)31-27(39-31)19-20(2)13-12-14-21(3)30-22(4)16-17-28(38-25(7)34)32(8,36)18-11-10-15-29(35)40-30/h12-14,16-17,20,22-23,26-28,30-31,36H,9-11,15,18-19H2,1-8H3. The molecule has 2 rings (SSSR count). The van der Waals surface area contributed by atoms with Gasteiger partial charge >= 0.3 is 17.9 Å². The predicted molar refractivity (Wildman–Crippen MR) is 153 cm³/mol. The maximum atomic E-state index is 12.6. The molecule has 2 aliphatic heterocycles. The van der Waals surface area contributed by atoms with Gasteiger partial charge in [0.15, 0.2) is 0 Å². The molecular weight excluding hydrogens is 512 g/mol. The molecule has 8 heteroatoms. The van der Waals surface area contributed by atoms with Crippen LogP contribution in [0.2, 0.25) is 0 Å². The highest BCUT2D eigenvalue weighted by Gasteiger charge is 2.46. The molecule has 0 bridgehead atoms. The molecule has 9 atom stereocenters. The molecule has 1 saturated heterocycles. The van der Waals surface area contributed by atoms with Crippen molar-refractivity contribution in [3.63, 3.8) is 0 Å². The second-order valence-electron chi connectivity index (χ2n) is 11.8. The summed E-state index contributed by atoms with van der Waals surface area (Å²) in [4.78, 5) is 35.6. The van der Waals surface area contributed by atoms with Crippen molar-refractivity contribution in [1.82, 2.24) is 0 Å². The fraction of sp³-hybridized carbons (Fsp3) is 0.719. The Kier molecular flexibility index (Phi) is 13.1. The summed E-state index contributed by atoms with van der Waals surface area (Å²) < 4.78 is 22.7. The quantitative estimate of drug-likeness (QED) is 0.120. The average molecular weight is 563 g/mol. The fourth-order valence-electron chi connectivity index (χ4n) is 5.37. The molecule has 0 aromatic rings. The summed E-state index contributed by atoms with van der Waals surface area (Å²) in [6, 6.07) is 0. The lowest BCUT2D eigenvalue weighted by atomic mass is 9.89. The molecule has 2 heterocycles. The van der Waals surface area contributed by atoms with Gasteiger partial charge in [-0.25, -0.2) is 0 Å². The first kappa shape index (κ1) is 33.8. The van der Waals surface area contributed by atoms with Gasteiger partial charge in [0.2, 0.25) is 0 Å². The fourth-order valence-corrected chi connectivity index (χ4v) is 5.37. The molecule has 2 aliphatic rings. The van der Waals surface area contributed by atoms with E-state index in [4.69, 9.17) is 18.9 Å². The summed E-state index contributed by atoms with van der Waals surface area (Å²) in [5.74, 6) is -0.778. The van der Waals surface area contributed by atoms with E-state index in [1.54, 1.807) is 13.0 Å². The molecule has 8 nitrogen and oxygen atoms in total. The number of carbonyl (C=O) groups is 3. The van der Waals surface area contributed by atoms with Gasteiger partial charge in [-0.05, 0) is 63.5 Å². The van der Waals surface area contributed by atoms with Crippen LogP contribution in [0, 0.1) is 17.8 Å². The molecule has 0 saturated carbocycles. The van der Waals surface area contributed by atoms with E-state index < -0.39 is 23.8 Å². The first-order valence-electron chi connectivity index (χ1n) is 14.7. The Labute approximate surface area is 240 Å². The lowest BCUT2D eigenvalue weighted by Gasteiger charge is -2.31. The van der Waals surface area contributed by atoms with Crippen molar-refractivity contribution >= 4 is 17.9 Å². The number of hydrogen-bond acceptors (Lipinski definition) is 8. The predicted octanol–water partition coefficient (Wildman–Crippen LogP) is 5.62. The van der Waals surface area contributed by atoms with E-state index in [1.165, 1.54) is 13.8 Å². The van der Waals surface area contributed by atoms with Crippen molar-refractivity contribution in [2.75, 3.05) is 0 Å². The van der Waals surface area contributed by atoms with Gasteiger partial charge in [-0.2, -0.15) is 0 Å². The number of epoxide rings is 1. The van der Waals surface area contributed by atoms with Crippen molar-refractivity contribution in [1.29, 1.82) is 0 Å². The smallest absolute Gasteiger partial charge is 0.306 e. The van der Waals surface area contributed by atoms with E-state index in [9.17, 15) is 19.5 Å². The Bertz CT molecular complexity index is 949. The number of ether oxygens (including phenoxy) is 4. The third kappa shape index (κ3) is 10.8. The molecule has 0 aliphatic carbocycles. The van der Waals surface area contributed by atoms with E-state index >= 15 is 0 Å². The molecule has 0 aromatic carbocycles. The monoisotopic (exact) mass is 562 g/mol. The highest BCUT2D eigenvalue weighted by molar-refractivity contribution is 5.70. The van der Waals surface area contributed by atoms with Gasteiger partial charge in [-0.1, -0.05) is 52.0 Å². The molecule has 0 radical (unpaired) electrons. The topological polar surface area (TPSA) is 112 Å². The minimum absolute atomic E-state index is 0.0947. The summed E-state index contributed by atoms with van der Waals surface area (Å²) in [6.45, 7) is 14.5. The average Bonchev–Trinajstić information content (AvgIpc) is 3.63. The summed E-state index contributed by atoms with van der Waals surface area (Å²) in [6.07, 6.45) is 11.9. The molecule has 0 amide bonds. The minimum Gasteiger partial charge on any atom is -0.462 e. The van der Waals surface area contributed by atoms with Crippen LogP contribution in [-0.4, -0.2) is 59.1 Å². The van der Waals surface area contributed by atoms with E-state index in [-0.39, 0.29) is 54.4 Å². The largest absolute Gasteiger partial charge is 0.462 e. The SMILES string of the molecule is CCC(OC(C)=O)C(C)C1OC1CC(C)C=CC=C(C)C1OC(=O)CCCCC(C)(O)C(OC(C)=O)C=CC1C. The first-order chi connectivity index (χ1) is 18.7. The highest BCUT2D eigenvalue weighted by Crippen LogP contribution is 2.37. The van der Waals surface area contributed by atoms with Crippen LogP contribution in [0.5, 0.6) is 0 Å². The maximum Gasteiger partial charge on any atom is 0.306 e. The molecule has 40 heavy (non-hydrogen) atoms. The number of aliphatic hydroxyl groups is 1. The number of carbonyl (C=O) groups excluding carboxylic acids is 3. The zero-order chi connectivity index (χ0) is 30.0. The molecule has 226 valence electrons. The second-order valence-corrected chi connectivity index (χ2v) is 11.8. The van der Waals surface area contributed by atoms with Crippen molar-refractivity contribution in [3.05, 3.63) is 36.0 Å². The van der Waals surface area contributed by atoms with Gasteiger partial charge in [-0.15, -0.1) is 0 Å². The third-order valence-electron chi connectivity index (χ3n) is 7.84. The van der Waals surface area contributed by atoms with Crippen LogP contribution in [-0.2, 0) is 33.3 Å². The Morgan fingerprint density at radius 2 is 1.88 bits per heavy atom. The number of rotatable bonds is 10. The Balaban J connectivity index is 2.06. The zero-order valence-corrected chi connectivity index (χ0v) is 25.6. The van der Waals surface area contributed by atoms with Crippen LogP contribution < -0.4 is 0 Å². The van der Waals surface area contributed by atoms with Crippen LogP contribution in [0.1, 0.15) is 93.9 Å². The van der Waals surface area contributed by atoms with Crippen molar-refractivity contribution in [2.24, 2.45) is 17.8 Å². The summed E-state index contributed by atoms with van der Waals surface area (Å²) in [7, 11) is 0. The van der Waals surface area contributed by atoms with E-state index in [0.29, 0.717) is 19.3 Å². The van der Waals surface area contributed by atoms with Crippen molar-refractivity contribution in [3.8, 4) is 0 Å². The first-order valence-corrected chi connectivity index (χ1v) is 14.7. The number of esters is 3. The zero-order valence-electron chi connectivity index (χ0n) is 25.6. The number of allylic oxidation sites excluding steroid dienone is 3. The number of cyclic esters (lactones) is 1. The van der Waals surface area contributed by atoms with Crippen molar-refractivity contribution in [2.45, 2.75) is 130 Å². The maximum absolute atomic E-state index is 12.6. The molecular formula is C32H50O8. The summed E-state index contributed by atoms with van der Waals surface area (Å²) in [5, 5.41) is 11.0. The second kappa shape index (κ2) is 15.5. The molecule has 0 aromatic heterocycles. The van der Waals surface area contributed by atoms with E-state index in [0.717, 1.165) is 18.4 Å². The van der Waals surface area contributed by atoms with Crippen molar-refractivity contribution < 1.29 is 38.4 Å². The van der Waals surface area contributed by atoms with Gasteiger partial charge in [-0.3, -0.25) is 14.4 Å². The highest BCUT2D eigenvalue weighted by atomic mass is 16.6. The molecule has 9 unspecified atom stereocenters. The van der Waals surface area contributed by atoms with E-state index in [2.05, 4.69) is 19.9 Å². The minimum atomic E-state index is -1.23. The van der Waals surface area contributed by atoms with Crippen LogP contribution in [0.15, 0.2) is 36.0 Å². The normalized spacial score (nSPS) is 32.3. The lowest BCUT2D eigenvalue weighted by Crippen LogP contribution is -2.41. The van der Waals surface area contributed by atoms with Gasteiger partial charge in [0.25, 0.3) is 0 Å². The van der Waals surface area contributed by atoms with Crippen LogP contribution >= 0.6 is 0 Å². The summed E-state index contributed by atoms with van der Waals surface area (Å²) >= 11 is 0. The van der Waals surface area contributed by atoms with Crippen LogP contribution in [0.3, 0.4) is 0 Å². The van der Waals surface area contributed by atoms with Gasteiger partial charge in [0.1, 0.15) is 23.9 Å². The molecule has 0 spiro atoms. The lowest BCUT2D eigenvalue weighted by molar-refractivity contribution is -0.156. The summed E-state index contributed by atoms with van der Waals surface area (Å²) in [5.41, 5.74) is -0.340. The Hall–Kier alpha value is -2.45. The molecule has 1 N–H and O–H groups in total. The van der Waals surface area contributed by atoms with Gasteiger partial charge in [0, 0.05) is 32.1 Å². The van der Waals surface area contributed by atoms with Crippen LogP contribution in [0.4, 0.5) is 0 Å². The van der Waals surface area contributed by atoms with Crippen LogP contribution in [0.25, 0.3) is 0 Å². The van der Waals surface area contributed by atoms with E-state index in [1.807, 2.05) is 39.0 Å². The van der Waals surface area contributed by atoms with Gasteiger partial charge in [0.05, 0.1) is 12.2 Å². The molecule has 1 fully saturated rings. The Morgan fingerprint density at radius 3 is 2.50 bits per heavy atom. The van der Waals surface area contributed by atoms with Gasteiger partial charge < -0.3 is 24.1 Å².